The number of amides is 1. The summed E-state index contributed by atoms with van der Waals surface area (Å²) < 4.78 is 5.09. The van der Waals surface area contributed by atoms with Crippen molar-refractivity contribution in [2.75, 3.05) is 24.8 Å². The zero-order chi connectivity index (χ0) is 15.6. The van der Waals surface area contributed by atoms with E-state index in [1.54, 1.807) is 38.4 Å². The van der Waals surface area contributed by atoms with Gasteiger partial charge in [0, 0.05) is 18.3 Å². The van der Waals surface area contributed by atoms with Crippen molar-refractivity contribution in [1.29, 1.82) is 0 Å². The minimum atomic E-state index is -0.231. The van der Waals surface area contributed by atoms with Gasteiger partial charge in [-0.2, -0.15) is 0 Å². The van der Waals surface area contributed by atoms with Gasteiger partial charge in [0.05, 0.1) is 22.8 Å². The van der Waals surface area contributed by atoms with Crippen LogP contribution in [0.4, 0.5) is 11.4 Å². The van der Waals surface area contributed by atoms with Crippen LogP contribution in [-0.2, 0) is 0 Å². The summed E-state index contributed by atoms with van der Waals surface area (Å²) in [5.41, 5.74) is 7.11. The first-order valence-electron chi connectivity index (χ1n) is 6.10. The lowest BCUT2D eigenvalue weighted by Gasteiger charge is -2.18. The smallest absolute Gasteiger partial charge is 0.258 e. The Morgan fingerprint density at radius 3 is 2.33 bits per heavy atom. The summed E-state index contributed by atoms with van der Waals surface area (Å²) in [4.78, 5) is 14.0. The molecule has 1 amide bonds. The molecule has 0 atom stereocenters. The average Bonchev–Trinajstić information content (AvgIpc) is 2.50. The molecule has 0 aliphatic carbocycles. The molecule has 0 radical (unpaired) electrons. The van der Waals surface area contributed by atoms with Crippen LogP contribution in [0.2, 0.25) is 10.0 Å². The van der Waals surface area contributed by atoms with E-state index >= 15 is 0 Å². The molecule has 2 N–H and O–H groups in total. The van der Waals surface area contributed by atoms with E-state index in [0.29, 0.717) is 5.56 Å². The van der Waals surface area contributed by atoms with Gasteiger partial charge in [0.15, 0.2) is 0 Å². The molecule has 0 aliphatic heterocycles. The van der Waals surface area contributed by atoms with Gasteiger partial charge in [0.25, 0.3) is 5.91 Å². The van der Waals surface area contributed by atoms with Gasteiger partial charge in [-0.1, -0.05) is 23.2 Å². The summed E-state index contributed by atoms with van der Waals surface area (Å²) in [6.07, 6.45) is 0. The first-order valence-corrected chi connectivity index (χ1v) is 6.86. The fraction of sp³-hybridized carbons (Fsp3) is 0.133. The molecule has 21 heavy (non-hydrogen) atoms. The highest BCUT2D eigenvalue weighted by Gasteiger charge is 2.16. The summed E-state index contributed by atoms with van der Waals surface area (Å²) in [5.74, 6) is 0.490. The Morgan fingerprint density at radius 2 is 1.81 bits per heavy atom. The van der Waals surface area contributed by atoms with E-state index in [0.717, 1.165) is 11.4 Å². The number of anilines is 2. The maximum atomic E-state index is 12.5. The Balaban J connectivity index is 2.30. The number of ether oxygens (including phenoxy) is 1. The van der Waals surface area contributed by atoms with Crippen LogP contribution in [0.3, 0.4) is 0 Å². The summed E-state index contributed by atoms with van der Waals surface area (Å²) in [6.45, 7) is 0. The third-order valence-electron chi connectivity index (χ3n) is 3.07. The molecular weight excluding hydrogens is 311 g/mol. The molecule has 6 heteroatoms. The standard InChI is InChI=1S/C15H14Cl2N2O2/c1-19(10-3-5-11(21-2)6-4-10)15(20)9-7-12(16)14(17)13(18)8-9/h3-8H,18H2,1-2H3. The molecule has 2 aromatic carbocycles. The van der Waals surface area contributed by atoms with E-state index < -0.39 is 0 Å². The average molecular weight is 325 g/mol. The van der Waals surface area contributed by atoms with Crippen LogP contribution in [0.5, 0.6) is 5.75 Å². The van der Waals surface area contributed by atoms with Crippen LogP contribution in [0.1, 0.15) is 10.4 Å². The lowest BCUT2D eigenvalue weighted by Crippen LogP contribution is -2.26. The van der Waals surface area contributed by atoms with Crippen LogP contribution >= 0.6 is 23.2 Å². The monoisotopic (exact) mass is 324 g/mol. The highest BCUT2D eigenvalue weighted by Crippen LogP contribution is 2.30. The van der Waals surface area contributed by atoms with Crippen molar-refractivity contribution >= 4 is 40.5 Å². The number of halogens is 2. The van der Waals surface area contributed by atoms with Crippen molar-refractivity contribution in [1.82, 2.24) is 0 Å². The van der Waals surface area contributed by atoms with Crippen molar-refractivity contribution in [3.63, 3.8) is 0 Å². The largest absolute Gasteiger partial charge is 0.497 e. The van der Waals surface area contributed by atoms with Crippen LogP contribution in [0.25, 0.3) is 0 Å². The zero-order valence-electron chi connectivity index (χ0n) is 11.6. The fourth-order valence-electron chi connectivity index (χ4n) is 1.85. The van der Waals surface area contributed by atoms with Crippen molar-refractivity contribution in [2.24, 2.45) is 0 Å². The highest BCUT2D eigenvalue weighted by atomic mass is 35.5. The Morgan fingerprint density at radius 1 is 1.19 bits per heavy atom. The summed E-state index contributed by atoms with van der Waals surface area (Å²) in [5, 5.41) is 0.503. The van der Waals surface area contributed by atoms with Crippen molar-refractivity contribution in [3.05, 3.63) is 52.0 Å². The number of nitrogens with two attached hydrogens (primary N) is 1. The van der Waals surface area contributed by atoms with E-state index in [-0.39, 0.29) is 21.6 Å². The van der Waals surface area contributed by atoms with Gasteiger partial charge in [-0.15, -0.1) is 0 Å². The van der Waals surface area contributed by atoms with E-state index in [4.69, 9.17) is 33.7 Å². The molecule has 4 nitrogen and oxygen atoms in total. The number of hydrogen-bond donors (Lipinski definition) is 1. The number of nitrogens with zero attached hydrogens (tertiary/aromatic N) is 1. The molecule has 0 saturated carbocycles. The van der Waals surface area contributed by atoms with E-state index in [2.05, 4.69) is 0 Å². The molecule has 0 spiro atoms. The Hall–Kier alpha value is -1.91. The van der Waals surface area contributed by atoms with Crippen molar-refractivity contribution in [3.8, 4) is 5.75 Å². The Kier molecular flexibility index (Phi) is 4.60. The van der Waals surface area contributed by atoms with Crippen LogP contribution in [0, 0.1) is 0 Å². The number of methoxy groups -OCH3 is 1. The molecule has 0 saturated heterocycles. The first-order chi connectivity index (χ1) is 9.93. The van der Waals surface area contributed by atoms with Crippen molar-refractivity contribution < 1.29 is 9.53 Å². The highest BCUT2D eigenvalue weighted by molar-refractivity contribution is 6.44. The number of carbonyl (C=O) groups excluding carboxylic acids is 1. The zero-order valence-corrected chi connectivity index (χ0v) is 13.1. The van der Waals surface area contributed by atoms with Gasteiger partial charge in [-0.3, -0.25) is 4.79 Å². The predicted octanol–water partition coefficient (Wildman–Crippen LogP) is 3.86. The summed E-state index contributed by atoms with van der Waals surface area (Å²) in [6, 6.07) is 10.2. The maximum absolute atomic E-state index is 12.5. The maximum Gasteiger partial charge on any atom is 0.258 e. The molecule has 2 rings (SSSR count). The van der Waals surface area contributed by atoms with Gasteiger partial charge in [-0.25, -0.2) is 0 Å². The molecule has 0 bridgehead atoms. The van der Waals surface area contributed by atoms with Gasteiger partial charge in [-0.05, 0) is 36.4 Å². The van der Waals surface area contributed by atoms with Crippen LogP contribution < -0.4 is 15.4 Å². The molecule has 2 aromatic rings. The quantitative estimate of drug-likeness (QED) is 0.872. The summed E-state index contributed by atoms with van der Waals surface area (Å²) >= 11 is 11.8. The minimum Gasteiger partial charge on any atom is -0.497 e. The number of carbonyl (C=O) groups is 1. The minimum absolute atomic E-state index is 0.231. The normalized spacial score (nSPS) is 10.3. The summed E-state index contributed by atoms with van der Waals surface area (Å²) in [7, 11) is 3.26. The molecule has 0 heterocycles. The third-order valence-corrected chi connectivity index (χ3v) is 3.88. The second-order valence-corrected chi connectivity index (χ2v) is 5.21. The molecule has 110 valence electrons. The second kappa shape index (κ2) is 6.24. The molecule has 0 aliphatic rings. The molecule has 0 unspecified atom stereocenters. The Bertz CT molecular complexity index is 649. The number of hydrogen-bond acceptors (Lipinski definition) is 3. The predicted molar refractivity (Wildman–Crippen MR) is 86.6 cm³/mol. The van der Waals surface area contributed by atoms with E-state index in [9.17, 15) is 4.79 Å². The van der Waals surface area contributed by atoms with Crippen LogP contribution in [-0.4, -0.2) is 20.1 Å². The lowest BCUT2D eigenvalue weighted by molar-refractivity contribution is 0.0993. The van der Waals surface area contributed by atoms with E-state index in [1.807, 2.05) is 0 Å². The Labute approximate surface area is 133 Å². The molecule has 0 fully saturated rings. The second-order valence-electron chi connectivity index (χ2n) is 4.42. The van der Waals surface area contributed by atoms with E-state index in [1.165, 1.54) is 17.0 Å². The first kappa shape index (κ1) is 15.5. The fourth-order valence-corrected chi connectivity index (χ4v) is 2.19. The number of benzene rings is 2. The van der Waals surface area contributed by atoms with Crippen molar-refractivity contribution in [2.45, 2.75) is 0 Å². The molecular formula is C15H14Cl2N2O2. The van der Waals surface area contributed by atoms with Gasteiger partial charge in [0.1, 0.15) is 5.75 Å². The number of nitrogen functional groups attached to an aromatic ring is 1. The molecule has 0 aromatic heterocycles. The SMILES string of the molecule is COc1ccc(N(C)C(=O)c2cc(N)c(Cl)c(Cl)c2)cc1. The van der Waals surface area contributed by atoms with Crippen LogP contribution in [0.15, 0.2) is 36.4 Å². The van der Waals surface area contributed by atoms with Gasteiger partial charge >= 0.3 is 0 Å². The topological polar surface area (TPSA) is 55.6 Å². The van der Waals surface area contributed by atoms with Gasteiger partial charge < -0.3 is 15.4 Å². The lowest BCUT2D eigenvalue weighted by atomic mass is 10.1. The van der Waals surface area contributed by atoms with Gasteiger partial charge in [0.2, 0.25) is 0 Å². The third kappa shape index (κ3) is 3.23. The number of rotatable bonds is 3.